The average Bonchev–Trinajstić information content (AvgIpc) is 2.29. The minimum Gasteiger partial charge on any atom is -0.481 e. The number of aromatic carboxylic acids is 1. The summed E-state index contributed by atoms with van der Waals surface area (Å²) in [5.41, 5.74) is 0.00685. The highest BCUT2D eigenvalue weighted by Crippen LogP contribution is 2.06. The summed E-state index contributed by atoms with van der Waals surface area (Å²) in [6.45, 7) is 0. The molecule has 6 nitrogen and oxygen atoms in total. The zero-order valence-electron chi connectivity index (χ0n) is 6.89. The van der Waals surface area contributed by atoms with Crippen molar-refractivity contribution in [1.29, 1.82) is 0 Å². The van der Waals surface area contributed by atoms with Crippen molar-refractivity contribution < 1.29 is 19.8 Å². The van der Waals surface area contributed by atoms with E-state index in [9.17, 15) is 9.59 Å². The number of nitrogens with zero attached hydrogens (tertiary/aromatic N) is 2. The maximum Gasteiger partial charge on any atom is 0.356 e. The molecule has 0 bridgehead atoms. The molecule has 6 heteroatoms. The molecule has 0 unspecified atom stereocenters. The van der Waals surface area contributed by atoms with Crippen LogP contribution in [0.3, 0.4) is 0 Å². The summed E-state index contributed by atoms with van der Waals surface area (Å²) >= 11 is 0. The van der Waals surface area contributed by atoms with Gasteiger partial charge in [0.25, 0.3) is 0 Å². The second-order valence-corrected chi connectivity index (χ2v) is 2.55. The molecule has 0 saturated heterocycles. The van der Waals surface area contributed by atoms with Gasteiger partial charge in [0.15, 0.2) is 5.69 Å². The van der Waals surface area contributed by atoms with Gasteiger partial charge in [-0.3, -0.25) is 9.48 Å². The van der Waals surface area contributed by atoms with E-state index in [1.54, 1.807) is 0 Å². The van der Waals surface area contributed by atoms with Crippen molar-refractivity contribution in [3.05, 3.63) is 17.5 Å². The molecule has 0 aliphatic carbocycles. The summed E-state index contributed by atoms with van der Waals surface area (Å²) in [6.07, 6.45) is 1.06. The summed E-state index contributed by atoms with van der Waals surface area (Å²) in [5, 5.41) is 20.7. The van der Waals surface area contributed by atoms with Gasteiger partial charge < -0.3 is 10.2 Å². The van der Waals surface area contributed by atoms with Crippen LogP contribution in [0.1, 0.15) is 16.1 Å². The third-order valence-corrected chi connectivity index (χ3v) is 1.45. The number of aromatic nitrogens is 2. The van der Waals surface area contributed by atoms with Crippen LogP contribution in [-0.2, 0) is 18.3 Å². The third kappa shape index (κ3) is 2.05. The van der Waals surface area contributed by atoms with E-state index in [-0.39, 0.29) is 17.7 Å². The summed E-state index contributed by atoms with van der Waals surface area (Å²) in [5.74, 6) is -2.28. The van der Waals surface area contributed by atoms with Crippen LogP contribution in [0.4, 0.5) is 0 Å². The van der Waals surface area contributed by atoms with Crippen molar-refractivity contribution in [3.8, 4) is 0 Å². The number of hydrogen-bond acceptors (Lipinski definition) is 3. The molecule has 0 saturated carbocycles. The number of aliphatic carboxylic acids is 1. The van der Waals surface area contributed by atoms with Crippen molar-refractivity contribution in [2.24, 2.45) is 7.05 Å². The first-order valence-electron chi connectivity index (χ1n) is 3.48. The number of hydrogen-bond donors (Lipinski definition) is 2. The van der Waals surface area contributed by atoms with Gasteiger partial charge in [0.2, 0.25) is 0 Å². The molecule has 2 N–H and O–H groups in total. The maximum atomic E-state index is 10.5. The Bertz CT molecular complexity index is 355. The molecule has 0 aromatic carbocycles. The molecule has 1 rings (SSSR count). The van der Waals surface area contributed by atoms with E-state index in [0.717, 1.165) is 0 Å². The largest absolute Gasteiger partial charge is 0.481 e. The Morgan fingerprint density at radius 1 is 1.54 bits per heavy atom. The number of carboxylic acid groups (broad SMARTS) is 2. The van der Waals surface area contributed by atoms with Crippen molar-refractivity contribution in [2.45, 2.75) is 6.42 Å². The Morgan fingerprint density at radius 3 is 2.62 bits per heavy atom. The summed E-state index contributed by atoms with van der Waals surface area (Å²) in [7, 11) is 1.54. The van der Waals surface area contributed by atoms with Gasteiger partial charge in [-0.1, -0.05) is 0 Å². The average molecular weight is 184 g/mol. The molecule has 1 heterocycles. The van der Waals surface area contributed by atoms with E-state index in [1.807, 2.05) is 0 Å². The number of aryl methyl sites for hydroxylation is 1. The predicted molar refractivity (Wildman–Crippen MR) is 41.5 cm³/mol. The van der Waals surface area contributed by atoms with Gasteiger partial charge >= 0.3 is 11.9 Å². The molecule has 0 radical (unpaired) electrons. The molecule has 13 heavy (non-hydrogen) atoms. The molecule has 0 spiro atoms. The van der Waals surface area contributed by atoms with Gasteiger partial charge in [-0.15, -0.1) is 0 Å². The fourth-order valence-electron chi connectivity index (χ4n) is 1.01. The first-order chi connectivity index (χ1) is 6.00. The van der Waals surface area contributed by atoms with Crippen LogP contribution in [0.5, 0.6) is 0 Å². The third-order valence-electron chi connectivity index (χ3n) is 1.45. The molecule has 1 aromatic rings. The second-order valence-electron chi connectivity index (χ2n) is 2.55. The number of carbonyl (C=O) groups is 2. The van der Waals surface area contributed by atoms with Gasteiger partial charge in [-0.05, 0) is 0 Å². The first kappa shape index (κ1) is 9.24. The van der Waals surface area contributed by atoms with Crippen molar-refractivity contribution in [3.63, 3.8) is 0 Å². The Morgan fingerprint density at radius 2 is 2.15 bits per heavy atom. The van der Waals surface area contributed by atoms with E-state index in [0.29, 0.717) is 0 Å². The lowest BCUT2D eigenvalue weighted by Crippen LogP contribution is -2.06. The topological polar surface area (TPSA) is 92.4 Å². The standard InChI is InChI=1S/C7H8N2O4/c1-9-3-4(2-5(10)11)6(8-9)7(12)13/h3H,2H2,1H3,(H,10,11)(H,12,13). The number of rotatable bonds is 3. The Labute approximate surface area is 73.4 Å². The van der Waals surface area contributed by atoms with Gasteiger partial charge in [0, 0.05) is 18.8 Å². The Balaban J connectivity index is 3.04. The quantitative estimate of drug-likeness (QED) is 0.675. The molecule has 0 aliphatic rings. The predicted octanol–water partition coefficient (Wildman–Crippen LogP) is -0.255. The molecule has 1 aromatic heterocycles. The molecule has 70 valence electrons. The van der Waals surface area contributed by atoms with Gasteiger partial charge in [-0.25, -0.2) is 4.79 Å². The van der Waals surface area contributed by atoms with Crippen molar-refractivity contribution >= 4 is 11.9 Å². The zero-order valence-corrected chi connectivity index (χ0v) is 6.89. The molecule has 0 amide bonds. The van der Waals surface area contributed by atoms with E-state index < -0.39 is 11.9 Å². The van der Waals surface area contributed by atoms with Crippen LogP contribution >= 0.6 is 0 Å². The lowest BCUT2D eigenvalue weighted by atomic mass is 10.2. The zero-order chi connectivity index (χ0) is 10.0. The van der Waals surface area contributed by atoms with Crippen LogP contribution in [0.15, 0.2) is 6.20 Å². The first-order valence-corrected chi connectivity index (χ1v) is 3.48. The van der Waals surface area contributed by atoms with Crippen LogP contribution < -0.4 is 0 Å². The Hall–Kier alpha value is -1.85. The highest BCUT2D eigenvalue weighted by atomic mass is 16.4. The second kappa shape index (κ2) is 3.26. The van der Waals surface area contributed by atoms with Gasteiger partial charge in [-0.2, -0.15) is 5.10 Å². The summed E-state index contributed by atoms with van der Waals surface area (Å²) in [6, 6.07) is 0. The van der Waals surface area contributed by atoms with E-state index in [4.69, 9.17) is 10.2 Å². The summed E-state index contributed by atoms with van der Waals surface area (Å²) < 4.78 is 1.28. The summed E-state index contributed by atoms with van der Waals surface area (Å²) in [4.78, 5) is 20.9. The minimum atomic E-state index is -1.21. The highest BCUT2D eigenvalue weighted by molar-refractivity contribution is 5.88. The van der Waals surface area contributed by atoms with E-state index in [2.05, 4.69) is 5.10 Å². The van der Waals surface area contributed by atoms with Crippen LogP contribution in [0, 0.1) is 0 Å². The maximum absolute atomic E-state index is 10.5. The van der Waals surface area contributed by atoms with Crippen molar-refractivity contribution in [1.82, 2.24) is 9.78 Å². The van der Waals surface area contributed by atoms with Crippen LogP contribution in [-0.4, -0.2) is 31.9 Å². The fraction of sp³-hybridized carbons (Fsp3) is 0.286. The lowest BCUT2D eigenvalue weighted by Gasteiger charge is -1.91. The Kier molecular flexibility index (Phi) is 2.32. The monoisotopic (exact) mass is 184 g/mol. The highest BCUT2D eigenvalue weighted by Gasteiger charge is 2.16. The molecule has 0 atom stereocenters. The van der Waals surface area contributed by atoms with E-state index in [1.165, 1.54) is 17.9 Å². The smallest absolute Gasteiger partial charge is 0.356 e. The van der Waals surface area contributed by atoms with Crippen LogP contribution in [0.2, 0.25) is 0 Å². The minimum absolute atomic E-state index is 0.204. The molecule has 0 fully saturated rings. The van der Waals surface area contributed by atoms with Crippen molar-refractivity contribution in [2.75, 3.05) is 0 Å². The SMILES string of the molecule is Cn1cc(CC(=O)O)c(C(=O)O)n1. The molecule has 0 aliphatic heterocycles. The molecular weight excluding hydrogens is 176 g/mol. The van der Waals surface area contributed by atoms with Gasteiger partial charge in [0.05, 0.1) is 6.42 Å². The van der Waals surface area contributed by atoms with E-state index >= 15 is 0 Å². The van der Waals surface area contributed by atoms with Crippen LogP contribution in [0.25, 0.3) is 0 Å². The molecular formula is C7H8N2O4. The lowest BCUT2D eigenvalue weighted by molar-refractivity contribution is -0.136. The van der Waals surface area contributed by atoms with Gasteiger partial charge in [0.1, 0.15) is 0 Å². The fourth-order valence-corrected chi connectivity index (χ4v) is 1.01. The normalized spacial score (nSPS) is 9.92. The number of carboxylic acids is 2.